The number of ether oxygens (including phenoxy) is 3. The summed E-state index contributed by atoms with van der Waals surface area (Å²) in [6, 6.07) is 13.6. The van der Waals surface area contributed by atoms with Crippen molar-refractivity contribution in [3.8, 4) is 17.2 Å². The molecule has 0 unspecified atom stereocenters. The van der Waals surface area contributed by atoms with Gasteiger partial charge in [0, 0.05) is 11.8 Å². The molecular weight excluding hydrogens is 422 g/mol. The summed E-state index contributed by atoms with van der Waals surface area (Å²) in [5, 5.41) is 11.3. The molecule has 3 rings (SSSR count). The lowest BCUT2D eigenvalue weighted by Gasteiger charge is -2.12. The average Bonchev–Trinajstić information content (AvgIpc) is 3.23. The minimum Gasteiger partial charge on any atom is -0.493 e. The Morgan fingerprint density at radius 2 is 1.77 bits per heavy atom. The molecule has 0 fully saturated rings. The maximum Gasteiger partial charge on any atom is 0.250 e. The number of anilines is 1. The van der Waals surface area contributed by atoms with E-state index in [1.165, 1.54) is 30.1 Å². The quantitative estimate of drug-likeness (QED) is 0.296. The van der Waals surface area contributed by atoms with Crippen molar-refractivity contribution in [2.24, 2.45) is 0 Å². The van der Waals surface area contributed by atoms with Gasteiger partial charge in [0.15, 0.2) is 15.8 Å². The lowest BCUT2D eigenvalue weighted by Crippen LogP contribution is -2.07. The van der Waals surface area contributed by atoms with Crippen LogP contribution >= 0.6 is 23.1 Å². The number of hydrogen-bond acceptors (Lipinski definition) is 8. The van der Waals surface area contributed by atoms with E-state index in [0.29, 0.717) is 22.4 Å². The van der Waals surface area contributed by atoms with Crippen molar-refractivity contribution in [1.29, 1.82) is 0 Å². The smallest absolute Gasteiger partial charge is 0.250 e. The molecule has 0 aliphatic rings. The Balaban J connectivity index is 1.60. The second kappa shape index (κ2) is 10.7. The first kappa shape index (κ1) is 21.7. The average molecular weight is 444 g/mol. The second-order valence-electron chi connectivity index (χ2n) is 5.93. The van der Waals surface area contributed by atoms with E-state index in [1.54, 1.807) is 44.2 Å². The summed E-state index contributed by atoms with van der Waals surface area (Å²) >= 11 is 2.92. The van der Waals surface area contributed by atoms with Gasteiger partial charge in [-0.15, -0.1) is 10.2 Å². The van der Waals surface area contributed by atoms with Gasteiger partial charge in [-0.1, -0.05) is 53.4 Å². The second-order valence-corrected chi connectivity index (χ2v) is 8.13. The highest BCUT2D eigenvalue weighted by Crippen LogP contribution is 2.38. The van der Waals surface area contributed by atoms with Gasteiger partial charge in [0.25, 0.3) is 0 Å². The molecule has 0 bridgehead atoms. The monoisotopic (exact) mass is 443 g/mol. The number of hydrogen-bond donors (Lipinski definition) is 1. The van der Waals surface area contributed by atoms with Gasteiger partial charge < -0.3 is 14.2 Å². The molecule has 30 heavy (non-hydrogen) atoms. The van der Waals surface area contributed by atoms with Crippen LogP contribution in [0.25, 0.3) is 6.08 Å². The molecule has 0 aliphatic heterocycles. The zero-order chi connectivity index (χ0) is 21.3. The van der Waals surface area contributed by atoms with E-state index >= 15 is 0 Å². The molecule has 156 valence electrons. The number of carbonyl (C=O) groups excluding carboxylic acids is 1. The summed E-state index contributed by atoms with van der Waals surface area (Å²) in [7, 11) is 4.62. The number of aromatic nitrogens is 2. The van der Waals surface area contributed by atoms with Crippen LogP contribution in [0.5, 0.6) is 17.2 Å². The molecule has 1 aromatic heterocycles. The van der Waals surface area contributed by atoms with Gasteiger partial charge in [0.05, 0.1) is 21.3 Å². The van der Waals surface area contributed by atoms with Crippen LogP contribution in [-0.4, -0.2) is 37.4 Å². The van der Waals surface area contributed by atoms with Crippen molar-refractivity contribution in [3.05, 3.63) is 59.7 Å². The number of nitrogens with zero attached hydrogens (tertiary/aromatic N) is 2. The Hall–Kier alpha value is -3.04. The van der Waals surface area contributed by atoms with Crippen molar-refractivity contribution in [2.75, 3.05) is 26.6 Å². The van der Waals surface area contributed by atoms with Gasteiger partial charge in [-0.05, 0) is 29.3 Å². The largest absolute Gasteiger partial charge is 0.493 e. The molecule has 9 heteroatoms. The lowest BCUT2D eigenvalue weighted by atomic mass is 10.1. The normalized spacial score (nSPS) is 10.8. The maximum atomic E-state index is 12.3. The van der Waals surface area contributed by atoms with E-state index in [2.05, 4.69) is 27.6 Å². The van der Waals surface area contributed by atoms with Crippen molar-refractivity contribution < 1.29 is 19.0 Å². The fourth-order valence-corrected chi connectivity index (χ4v) is 4.27. The number of amides is 1. The first-order valence-electron chi connectivity index (χ1n) is 8.92. The van der Waals surface area contributed by atoms with Crippen molar-refractivity contribution >= 4 is 40.2 Å². The van der Waals surface area contributed by atoms with Gasteiger partial charge in [0.1, 0.15) is 0 Å². The van der Waals surface area contributed by atoms with Crippen molar-refractivity contribution in [3.63, 3.8) is 0 Å². The van der Waals surface area contributed by atoms with Crippen LogP contribution in [0.1, 0.15) is 11.1 Å². The van der Waals surface area contributed by atoms with Gasteiger partial charge in [-0.2, -0.15) is 0 Å². The molecule has 1 heterocycles. The molecule has 1 amide bonds. The zero-order valence-corrected chi connectivity index (χ0v) is 18.4. The molecule has 0 aliphatic carbocycles. The number of methoxy groups -OCH3 is 3. The Bertz CT molecular complexity index is 997. The summed E-state index contributed by atoms with van der Waals surface area (Å²) in [4.78, 5) is 12.3. The molecule has 1 N–H and O–H groups in total. The summed E-state index contributed by atoms with van der Waals surface area (Å²) in [5.74, 6) is 2.02. The highest BCUT2D eigenvalue weighted by atomic mass is 32.2. The van der Waals surface area contributed by atoms with Crippen molar-refractivity contribution in [2.45, 2.75) is 10.1 Å². The molecule has 0 atom stereocenters. The Morgan fingerprint density at radius 3 is 2.40 bits per heavy atom. The summed E-state index contributed by atoms with van der Waals surface area (Å²) in [5.41, 5.74) is 1.94. The number of nitrogens with one attached hydrogen (secondary N) is 1. The Kier molecular flexibility index (Phi) is 7.69. The van der Waals surface area contributed by atoms with Crippen LogP contribution in [0.4, 0.5) is 5.13 Å². The van der Waals surface area contributed by atoms with Gasteiger partial charge in [0.2, 0.25) is 16.8 Å². The van der Waals surface area contributed by atoms with Crippen LogP contribution in [0, 0.1) is 0 Å². The van der Waals surface area contributed by atoms with E-state index in [-0.39, 0.29) is 5.91 Å². The zero-order valence-electron chi connectivity index (χ0n) is 16.7. The third-order valence-electron chi connectivity index (χ3n) is 3.96. The van der Waals surface area contributed by atoms with Crippen LogP contribution < -0.4 is 19.5 Å². The molecule has 0 saturated heterocycles. The minimum absolute atomic E-state index is 0.306. The molecule has 2 aromatic carbocycles. The van der Waals surface area contributed by atoms with Crippen molar-refractivity contribution in [1.82, 2.24) is 10.2 Å². The van der Waals surface area contributed by atoms with Crippen LogP contribution in [0.15, 0.2) is 52.9 Å². The van der Waals surface area contributed by atoms with E-state index in [1.807, 2.05) is 18.2 Å². The molecule has 0 radical (unpaired) electrons. The SMILES string of the molecule is COc1cc(/C=C/C(=O)Nc2nnc(SCc3ccccc3)s2)cc(OC)c1OC. The van der Waals surface area contributed by atoms with Gasteiger partial charge in [-0.3, -0.25) is 10.1 Å². The fourth-order valence-electron chi connectivity index (χ4n) is 2.55. The highest BCUT2D eigenvalue weighted by Gasteiger charge is 2.12. The first-order valence-corrected chi connectivity index (χ1v) is 10.7. The maximum absolute atomic E-state index is 12.3. The van der Waals surface area contributed by atoms with E-state index in [0.717, 1.165) is 15.7 Å². The van der Waals surface area contributed by atoms with Gasteiger partial charge in [-0.25, -0.2) is 0 Å². The van der Waals surface area contributed by atoms with Gasteiger partial charge >= 0.3 is 0 Å². The minimum atomic E-state index is -0.306. The topological polar surface area (TPSA) is 82.6 Å². The van der Waals surface area contributed by atoms with E-state index in [4.69, 9.17) is 14.2 Å². The Labute approximate surface area is 183 Å². The third kappa shape index (κ3) is 5.74. The van der Waals surface area contributed by atoms with Crippen LogP contribution in [0.3, 0.4) is 0 Å². The third-order valence-corrected chi connectivity index (χ3v) is 6.00. The Morgan fingerprint density at radius 1 is 1.07 bits per heavy atom. The molecule has 7 nitrogen and oxygen atoms in total. The van der Waals surface area contributed by atoms with E-state index < -0.39 is 0 Å². The molecule has 0 spiro atoms. The lowest BCUT2D eigenvalue weighted by molar-refractivity contribution is -0.111. The molecular formula is C21H21N3O4S2. The van der Waals surface area contributed by atoms with E-state index in [9.17, 15) is 4.79 Å². The number of thioether (sulfide) groups is 1. The number of carbonyl (C=O) groups is 1. The summed E-state index contributed by atoms with van der Waals surface area (Å²) in [6.07, 6.45) is 3.07. The van der Waals surface area contributed by atoms with Crippen LogP contribution in [0.2, 0.25) is 0 Å². The molecule has 0 saturated carbocycles. The first-order chi connectivity index (χ1) is 14.6. The highest BCUT2D eigenvalue weighted by molar-refractivity contribution is 8.00. The predicted molar refractivity (Wildman–Crippen MR) is 120 cm³/mol. The molecule has 3 aromatic rings. The summed E-state index contributed by atoms with van der Waals surface area (Å²) in [6.45, 7) is 0. The standard InChI is InChI=1S/C21H21N3O4S2/c1-26-16-11-15(12-17(27-2)19(16)28-3)9-10-18(25)22-20-23-24-21(30-20)29-13-14-7-5-4-6-8-14/h4-12H,13H2,1-3H3,(H,22,23,25)/b10-9+. The fraction of sp³-hybridized carbons (Fsp3) is 0.190. The van der Waals surface area contributed by atoms with Crippen LogP contribution in [-0.2, 0) is 10.5 Å². The number of rotatable bonds is 9. The predicted octanol–water partition coefficient (Wildman–Crippen LogP) is 4.51. The summed E-state index contributed by atoms with van der Waals surface area (Å²) < 4.78 is 16.7. The number of benzene rings is 2.